The van der Waals surface area contributed by atoms with Gasteiger partial charge in [-0.05, 0) is 97.9 Å². The highest BCUT2D eigenvalue weighted by Gasteiger charge is 2.38. The number of fused-ring (bicyclic) bond motifs is 12. The minimum absolute atomic E-state index is 0.263. The number of para-hydroxylation sites is 2. The van der Waals surface area contributed by atoms with Gasteiger partial charge in [0.1, 0.15) is 0 Å². The normalized spacial score (nSPS) is 13.4. The monoisotopic (exact) mass is 779 g/mol. The van der Waals surface area contributed by atoms with Crippen LogP contribution in [0.25, 0.3) is 93.7 Å². The average molecular weight is 780 g/mol. The summed E-state index contributed by atoms with van der Waals surface area (Å²) in [6, 6.07) is 66.0. The molecule has 61 heavy (non-hydrogen) atoms. The number of hydrogen-bond acceptors (Lipinski definition) is 1. The molecule has 11 aromatic rings. The first kappa shape index (κ1) is 35.2. The molecular weight excluding hydrogens is 739 g/mol. The van der Waals surface area contributed by atoms with E-state index < -0.39 is 0 Å². The van der Waals surface area contributed by atoms with E-state index in [1.54, 1.807) is 0 Å². The van der Waals surface area contributed by atoms with Crippen molar-refractivity contribution in [1.29, 1.82) is 0 Å². The Hall–Kier alpha value is -7.75. The first-order chi connectivity index (χ1) is 29.9. The highest BCUT2D eigenvalue weighted by atomic mass is 15.0. The minimum Gasteiger partial charge on any atom is -0.309 e. The van der Waals surface area contributed by atoms with Crippen LogP contribution in [-0.4, -0.2) is 14.8 Å². The molecule has 1 aliphatic rings. The van der Waals surface area contributed by atoms with E-state index in [-0.39, 0.29) is 5.41 Å². The number of aliphatic imine (C=N–C) groups is 1. The lowest BCUT2D eigenvalue weighted by Gasteiger charge is -2.26. The van der Waals surface area contributed by atoms with Gasteiger partial charge >= 0.3 is 0 Å². The summed E-state index contributed by atoms with van der Waals surface area (Å²) < 4.78 is 4.79. The maximum absolute atomic E-state index is 5.61. The molecule has 0 N–H and O–H groups in total. The second-order valence-corrected chi connectivity index (χ2v) is 16.9. The molecule has 0 saturated heterocycles. The van der Waals surface area contributed by atoms with Crippen LogP contribution in [0.3, 0.4) is 0 Å². The number of aromatic nitrogens is 2. The number of nitrogens with zero attached hydrogens (tertiary/aromatic N) is 3. The van der Waals surface area contributed by atoms with Gasteiger partial charge in [0, 0.05) is 38.2 Å². The van der Waals surface area contributed by atoms with Gasteiger partial charge in [-0.15, -0.1) is 0 Å². The molecule has 3 nitrogen and oxygen atoms in total. The molecule has 288 valence electrons. The van der Waals surface area contributed by atoms with Crippen molar-refractivity contribution in [2.24, 2.45) is 4.99 Å². The lowest BCUT2D eigenvalue weighted by Crippen LogP contribution is -2.21. The van der Waals surface area contributed by atoms with Gasteiger partial charge in [0.05, 0.1) is 39.2 Å². The summed E-state index contributed by atoms with van der Waals surface area (Å²) in [5, 5.41) is 9.71. The van der Waals surface area contributed by atoms with E-state index in [9.17, 15) is 0 Å². The molecule has 0 atom stereocenters. The zero-order chi connectivity index (χ0) is 41.0. The van der Waals surface area contributed by atoms with E-state index >= 15 is 0 Å². The number of allylic oxidation sites excluding steroid dienone is 1. The first-order valence-corrected chi connectivity index (χ1v) is 21.0. The number of benzene rings is 9. The van der Waals surface area contributed by atoms with Crippen molar-refractivity contribution in [2.75, 3.05) is 0 Å². The van der Waals surface area contributed by atoms with Gasteiger partial charge in [-0.3, -0.25) is 0 Å². The molecule has 0 spiro atoms. The summed E-state index contributed by atoms with van der Waals surface area (Å²) in [7, 11) is 0. The molecule has 1 aliphatic carbocycles. The molecule has 2 heterocycles. The van der Waals surface area contributed by atoms with E-state index in [0.29, 0.717) is 0 Å². The maximum atomic E-state index is 5.61. The van der Waals surface area contributed by atoms with Gasteiger partial charge in [-0.2, -0.15) is 0 Å². The smallest absolute Gasteiger partial charge is 0.0947 e. The molecule has 0 unspecified atom stereocenters. The second-order valence-electron chi connectivity index (χ2n) is 16.9. The molecule has 12 rings (SSSR count). The van der Waals surface area contributed by atoms with Gasteiger partial charge in [-0.25, -0.2) is 4.99 Å². The van der Waals surface area contributed by atoms with Crippen molar-refractivity contribution in [1.82, 2.24) is 9.13 Å². The predicted molar refractivity (Wildman–Crippen MR) is 261 cm³/mol. The van der Waals surface area contributed by atoms with Crippen molar-refractivity contribution < 1.29 is 0 Å². The van der Waals surface area contributed by atoms with Crippen molar-refractivity contribution in [3.63, 3.8) is 0 Å². The molecule has 0 aliphatic heterocycles. The fraction of sp³-hybridized carbons (Fsp3) is 0.0517. The van der Waals surface area contributed by atoms with Gasteiger partial charge < -0.3 is 9.13 Å². The lowest BCUT2D eigenvalue weighted by molar-refractivity contribution is 0.659. The molecular formula is C58H41N3. The van der Waals surface area contributed by atoms with Gasteiger partial charge in [0.25, 0.3) is 0 Å². The van der Waals surface area contributed by atoms with Crippen LogP contribution in [0.4, 0.5) is 5.69 Å². The Morgan fingerprint density at radius 3 is 2.08 bits per heavy atom. The third kappa shape index (κ3) is 5.07. The zero-order valence-electron chi connectivity index (χ0n) is 34.2. The predicted octanol–water partition coefficient (Wildman–Crippen LogP) is 15.4. The van der Waals surface area contributed by atoms with Crippen molar-refractivity contribution in [2.45, 2.75) is 19.3 Å². The standard InChI is InChI=1S/C58H41N3/c1-5-37-17-9-14-27-50(37)59-57(46-25-16-24-45-43-22-11-13-26-49(43)58(3,4)56(45)46)36(2)60-52-32-30-41(35-48(52)55-42-21-10-8-18-38(42)29-31-53(55)60)61-51-28-15-12-23-44(51)47-33-39-19-6-7-20-40(39)34-54(47)61/h5-35H,1-2H2,3-4H3. The third-order valence-corrected chi connectivity index (χ3v) is 13.2. The summed E-state index contributed by atoms with van der Waals surface area (Å²) in [4.78, 5) is 5.61. The van der Waals surface area contributed by atoms with Crippen LogP contribution in [0.2, 0.25) is 0 Å². The van der Waals surface area contributed by atoms with E-state index in [1.807, 2.05) is 18.2 Å². The van der Waals surface area contributed by atoms with E-state index in [0.717, 1.165) is 50.3 Å². The second kappa shape index (κ2) is 13.1. The van der Waals surface area contributed by atoms with Crippen LogP contribution in [0.1, 0.15) is 36.1 Å². The first-order valence-electron chi connectivity index (χ1n) is 21.0. The summed E-state index contributed by atoms with van der Waals surface area (Å²) in [6.45, 7) is 13.9. The SMILES string of the molecule is C=Cc1ccccc1N=C(C(=C)n1c2ccc(-n3c4ccccc4c4cc5ccccc5cc43)cc2c2c3ccccc3ccc21)c1cccc2c1C(C)(C)c1ccccc1-2. The van der Waals surface area contributed by atoms with Crippen LogP contribution >= 0.6 is 0 Å². The topological polar surface area (TPSA) is 22.2 Å². The van der Waals surface area contributed by atoms with E-state index in [4.69, 9.17) is 11.6 Å². The van der Waals surface area contributed by atoms with Crippen LogP contribution in [0.15, 0.2) is 200 Å². The van der Waals surface area contributed by atoms with Crippen molar-refractivity contribution in [3.8, 4) is 16.8 Å². The number of hydrogen-bond donors (Lipinski definition) is 0. The fourth-order valence-corrected chi connectivity index (χ4v) is 10.5. The molecule has 0 bridgehead atoms. The van der Waals surface area contributed by atoms with Crippen LogP contribution in [-0.2, 0) is 5.41 Å². The van der Waals surface area contributed by atoms with Crippen LogP contribution < -0.4 is 0 Å². The summed E-state index contributed by atoms with van der Waals surface area (Å²) >= 11 is 0. The minimum atomic E-state index is -0.263. The van der Waals surface area contributed by atoms with E-state index in [1.165, 1.54) is 71.0 Å². The largest absolute Gasteiger partial charge is 0.309 e. The summed E-state index contributed by atoms with van der Waals surface area (Å²) in [6.07, 6.45) is 1.89. The average Bonchev–Trinajstić information content (AvgIpc) is 3.89. The molecule has 0 saturated carbocycles. The fourth-order valence-electron chi connectivity index (χ4n) is 10.5. The Labute approximate surface area is 354 Å². The van der Waals surface area contributed by atoms with Crippen LogP contribution in [0, 0.1) is 0 Å². The Morgan fingerprint density at radius 2 is 1.23 bits per heavy atom. The Balaban J connectivity index is 1.15. The molecule has 0 amide bonds. The van der Waals surface area contributed by atoms with E-state index in [2.05, 4.69) is 199 Å². The Kier molecular flexibility index (Phi) is 7.58. The van der Waals surface area contributed by atoms with Gasteiger partial charge in [0.2, 0.25) is 0 Å². The Morgan fingerprint density at radius 1 is 0.541 bits per heavy atom. The zero-order valence-corrected chi connectivity index (χ0v) is 34.2. The third-order valence-electron chi connectivity index (χ3n) is 13.2. The lowest BCUT2D eigenvalue weighted by atomic mass is 9.79. The summed E-state index contributed by atoms with van der Waals surface area (Å²) in [5.41, 5.74) is 15.0. The quantitative estimate of drug-likeness (QED) is 0.150. The van der Waals surface area contributed by atoms with Crippen molar-refractivity contribution >= 4 is 88.3 Å². The molecule has 0 radical (unpaired) electrons. The molecule has 3 heteroatoms. The number of rotatable bonds is 6. The van der Waals surface area contributed by atoms with Gasteiger partial charge in [-0.1, -0.05) is 167 Å². The summed E-state index contributed by atoms with van der Waals surface area (Å²) in [5.74, 6) is 0. The molecule has 9 aromatic carbocycles. The molecule has 2 aromatic heterocycles. The highest BCUT2D eigenvalue weighted by molar-refractivity contribution is 6.33. The highest BCUT2D eigenvalue weighted by Crippen LogP contribution is 2.51. The maximum Gasteiger partial charge on any atom is 0.0947 e. The van der Waals surface area contributed by atoms with Crippen molar-refractivity contribution in [3.05, 3.63) is 217 Å². The van der Waals surface area contributed by atoms with Gasteiger partial charge in [0.15, 0.2) is 0 Å². The van der Waals surface area contributed by atoms with Crippen LogP contribution in [0.5, 0.6) is 0 Å². The Bertz CT molecular complexity index is 3720. The molecule has 0 fully saturated rings.